The fourth-order valence-corrected chi connectivity index (χ4v) is 4.29. The average Bonchev–Trinajstić information content (AvgIpc) is 3.01. The van der Waals surface area contributed by atoms with Crippen molar-refractivity contribution in [2.24, 2.45) is 5.92 Å². The summed E-state index contributed by atoms with van der Waals surface area (Å²) in [5, 5.41) is 3.96. The highest BCUT2D eigenvalue weighted by atomic mass is 16.5. The number of fused-ring (bicyclic) bond motifs is 4. The van der Waals surface area contributed by atoms with E-state index in [0.717, 1.165) is 31.1 Å². The quantitative estimate of drug-likeness (QED) is 0.921. The largest absolute Gasteiger partial charge is 0.493 e. The van der Waals surface area contributed by atoms with E-state index in [1.807, 2.05) is 0 Å². The molecular formula is C18H26N2O. The number of benzene rings is 1. The van der Waals surface area contributed by atoms with Crippen LogP contribution in [0.4, 0.5) is 0 Å². The molecular weight excluding hydrogens is 260 g/mol. The van der Waals surface area contributed by atoms with Crippen molar-refractivity contribution in [1.82, 2.24) is 10.2 Å². The van der Waals surface area contributed by atoms with Crippen LogP contribution in [0.3, 0.4) is 0 Å². The van der Waals surface area contributed by atoms with Gasteiger partial charge in [0.25, 0.3) is 0 Å². The van der Waals surface area contributed by atoms with Crippen molar-refractivity contribution in [3.8, 4) is 5.75 Å². The lowest BCUT2D eigenvalue weighted by Crippen LogP contribution is -2.56. The highest BCUT2D eigenvalue weighted by molar-refractivity contribution is 5.40. The first kappa shape index (κ1) is 13.6. The highest BCUT2D eigenvalue weighted by Crippen LogP contribution is 2.32. The summed E-state index contributed by atoms with van der Waals surface area (Å²) in [6, 6.07) is 7.96. The zero-order valence-electron chi connectivity index (χ0n) is 13.0. The van der Waals surface area contributed by atoms with Crippen molar-refractivity contribution in [3.05, 3.63) is 29.3 Å². The molecule has 0 amide bonds. The van der Waals surface area contributed by atoms with Crippen LogP contribution in [0.15, 0.2) is 18.2 Å². The predicted molar refractivity (Wildman–Crippen MR) is 84.8 cm³/mol. The van der Waals surface area contributed by atoms with Gasteiger partial charge in [-0.2, -0.15) is 0 Å². The number of hydrogen-bond acceptors (Lipinski definition) is 3. The van der Waals surface area contributed by atoms with Crippen molar-refractivity contribution in [1.29, 1.82) is 0 Å². The van der Waals surface area contributed by atoms with Gasteiger partial charge in [0.15, 0.2) is 0 Å². The molecule has 2 bridgehead atoms. The number of ether oxygens (including phenoxy) is 1. The van der Waals surface area contributed by atoms with Gasteiger partial charge in [0, 0.05) is 25.0 Å². The summed E-state index contributed by atoms with van der Waals surface area (Å²) >= 11 is 0. The monoisotopic (exact) mass is 286 g/mol. The van der Waals surface area contributed by atoms with E-state index in [9.17, 15) is 0 Å². The second-order valence-corrected chi connectivity index (χ2v) is 6.84. The molecule has 3 saturated heterocycles. The van der Waals surface area contributed by atoms with Crippen LogP contribution in [0.2, 0.25) is 0 Å². The number of rotatable bonds is 4. The van der Waals surface area contributed by atoms with Crippen LogP contribution < -0.4 is 10.1 Å². The molecule has 4 heterocycles. The first-order chi connectivity index (χ1) is 10.3. The molecule has 3 fully saturated rings. The Balaban J connectivity index is 1.49. The molecule has 3 heteroatoms. The van der Waals surface area contributed by atoms with Gasteiger partial charge in [0.05, 0.1) is 6.61 Å². The average molecular weight is 286 g/mol. The van der Waals surface area contributed by atoms with E-state index in [1.165, 1.54) is 43.6 Å². The Kier molecular flexibility index (Phi) is 3.64. The maximum Gasteiger partial charge on any atom is 0.122 e. The summed E-state index contributed by atoms with van der Waals surface area (Å²) < 4.78 is 5.63. The van der Waals surface area contributed by atoms with E-state index in [2.05, 4.69) is 35.3 Å². The van der Waals surface area contributed by atoms with Crippen LogP contribution in [-0.2, 0) is 6.42 Å². The van der Waals surface area contributed by atoms with Gasteiger partial charge < -0.3 is 15.0 Å². The Bertz CT molecular complexity index is 508. The molecule has 4 aliphatic heterocycles. The van der Waals surface area contributed by atoms with Crippen LogP contribution in [0, 0.1) is 5.92 Å². The second kappa shape index (κ2) is 5.62. The fraction of sp³-hybridized carbons (Fsp3) is 0.667. The molecule has 3 nitrogen and oxygen atoms in total. The van der Waals surface area contributed by atoms with Gasteiger partial charge >= 0.3 is 0 Å². The van der Waals surface area contributed by atoms with E-state index in [-0.39, 0.29) is 0 Å². The molecule has 0 aliphatic carbocycles. The minimum atomic E-state index is 0.487. The topological polar surface area (TPSA) is 24.5 Å². The second-order valence-electron chi connectivity index (χ2n) is 6.84. The first-order valence-corrected chi connectivity index (χ1v) is 8.57. The van der Waals surface area contributed by atoms with E-state index in [4.69, 9.17) is 4.74 Å². The molecule has 0 saturated carbocycles. The molecule has 4 aliphatic rings. The van der Waals surface area contributed by atoms with Crippen molar-refractivity contribution in [2.45, 2.75) is 44.7 Å². The van der Waals surface area contributed by atoms with Gasteiger partial charge in [-0.05, 0) is 55.5 Å². The Labute approximate surface area is 127 Å². The van der Waals surface area contributed by atoms with E-state index >= 15 is 0 Å². The maximum atomic E-state index is 5.63. The molecule has 21 heavy (non-hydrogen) atoms. The Hall–Kier alpha value is -1.06. The van der Waals surface area contributed by atoms with Crippen LogP contribution in [0.1, 0.15) is 43.4 Å². The standard InChI is InChI=1S/C18H26N2O/c1-2-16(14-3-4-18-15(11-14)7-10-21-18)19-17-12-20-8-5-13(17)6-9-20/h3-4,11,13,16-17,19H,2,5-10,12H2,1H3. The highest BCUT2D eigenvalue weighted by Gasteiger charge is 2.35. The summed E-state index contributed by atoms with van der Waals surface area (Å²) in [7, 11) is 0. The predicted octanol–water partition coefficient (Wildman–Crippen LogP) is 2.76. The molecule has 5 rings (SSSR count). The number of piperidine rings is 3. The van der Waals surface area contributed by atoms with Crippen LogP contribution in [0.25, 0.3) is 0 Å². The normalized spacial score (nSPS) is 31.8. The van der Waals surface area contributed by atoms with Gasteiger partial charge in [-0.25, -0.2) is 0 Å². The Morgan fingerprint density at radius 2 is 2.19 bits per heavy atom. The molecule has 1 aromatic rings. The summed E-state index contributed by atoms with van der Waals surface area (Å²) in [5.41, 5.74) is 2.83. The third-order valence-electron chi connectivity index (χ3n) is 5.60. The first-order valence-electron chi connectivity index (χ1n) is 8.57. The minimum Gasteiger partial charge on any atom is -0.493 e. The van der Waals surface area contributed by atoms with Gasteiger partial charge in [-0.1, -0.05) is 19.1 Å². The Morgan fingerprint density at radius 1 is 1.33 bits per heavy atom. The van der Waals surface area contributed by atoms with Crippen molar-refractivity contribution >= 4 is 0 Å². The zero-order chi connectivity index (χ0) is 14.2. The van der Waals surface area contributed by atoms with Crippen molar-refractivity contribution in [3.63, 3.8) is 0 Å². The third-order valence-corrected chi connectivity index (χ3v) is 5.60. The lowest BCUT2D eigenvalue weighted by molar-refractivity contribution is 0.0666. The van der Waals surface area contributed by atoms with Crippen LogP contribution >= 0.6 is 0 Å². The summed E-state index contributed by atoms with van der Waals surface area (Å²) in [5.74, 6) is 1.98. The molecule has 0 aromatic heterocycles. The Morgan fingerprint density at radius 3 is 2.90 bits per heavy atom. The molecule has 2 atom stereocenters. The van der Waals surface area contributed by atoms with Crippen molar-refractivity contribution in [2.75, 3.05) is 26.2 Å². The smallest absolute Gasteiger partial charge is 0.122 e. The van der Waals surface area contributed by atoms with Gasteiger partial charge in [-0.3, -0.25) is 0 Å². The third kappa shape index (κ3) is 2.58. The van der Waals surface area contributed by atoms with Crippen LogP contribution in [-0.4, -0.2) is 37.2 Å². The number of hydrogen-bond donors (Lipinski definition) is 1. The van der Waals surface area contributed by atoms with E-state index < -0.39 is 0 Å². The summed E-state index contributed by atoms with van der Waals surface area (Å²) in [6.45, 7) is 7.02. The number of nitrogens with one attached hydrogen (secondary N) is 1. The summed E-state index contributed by atoms with van der Waals surface area (Å²) in [6.07, 6.45) is 4.99. The molecule has 1 aromatic carbocycles. The van der Waals surface area contributed by atoms with Crippen molar-refractivity contribution < 1.29 is 4.74 Å². The maximum absolute atomic E-state index is 5.63. The molecule has 0 radical (unpaired) electrons. The summed E-state index contributed by atoms with van der Waals surface area (Å²) in [4.78, 5) is 2.63. The van der Waals surface area contributed by atoms with Gasteiger partial charge in [-0.15, -0.1) is 0 Å². The minimum absolute atomic E-state index is 0.487. The number of nitrogens with zero attached hydrogens (tertiary/aromatic N) is 1. The van der Waals surface area contributed by atoms with E-state index in [1.54, 1.807) is 0 Å². The van der Waals surface area contributed by atoms with E-state index in [0.29, 0.717) is 12.1 Å². The van der Waals surface area contributed by atoms with Gasteiger partial charge in [0.2, 0.25) is 0 Å². The van der Waals surface area contributed by atoms with Gasteiger partial charge in [0.1, 0.15) is 5.75 Å². The molecule has 2 unspecified atom stereocenters. The fourth-order valence-electron chi connectivity index (χ4n) is 4.29. The zero-order valence-corrected chi connectivity index (χ0v) is 13.0. The lowest BCUT2D eigenvalue weighted by Gasteiger charge is -2.46. The van der Waals surface area contributed by atoms with Crippen LogP contribution in [0.5, 0.6) is 5.75 Å². The molecule has 114 valence electrons. The SMILES string of the molecule is CCC(NC1CN2CCC1CC2)c1ccc2c(c1)CCO2. The molecule has 0 spiro atoms. The molecule has 1 N–H and O–H groups in total. The lowest BCUT2D eigenvalue weighted by atomic mass is 9.83.